The van der Waals surface area contributed by atoms with Gasteiger partial charge in [-0.1, -0.05) is 6.92 Å². The molecule has 0 rings (SSSR count). The first-order valence-corrected chi connectivity index (χ1v) is 3.90. The molecule has 0 aliphatic carbocycles. The molecule has 0 radical (unpaired) electrons. The molecule has 7 nitrogen and oxygen atoms in total. The number of nitrogens with zero attached hydrogens (tertiary/aromatic N) is 4. The topological polar surface area (TPSA) is 97.9 Å². The lowest BCUT2D eigenvalue weighted by Crippen LogP contribution is -2.40. The van der Waals surface area contributed by atoms with Gasteiger partial charge in [0.2, 0.25) is 12.8 Å². The van der Waals surface area contributed by atoms with Gasteiger partial charge in [0.25, 0.3) is 0 Å². The first-order valence-electron chi connectivity index (χ1n) is 3.90. The van der Waals surface area contributed by atoms with Crippen LogP contribution in [0.5, 0.6) is 0 Å². The molecule has 14 heavy (non-hydrogen) atoms. The van der Waals surface area contributed by atoms with Gasteiger partial charge in [0.15, 0.2) is 5.54 Å². The van der Waals surface area contributed by atoms with Crippen LogP contribution in [0.25, 0.3) is 0 Å². The Balaban J connectivity index is 4.63. The van der Waals surface area contributed by atoms with Crippen molar-refractivity contribution in [2.45, 2.75) is 25.8 Å². The Labute approximate surface area is 81.3 Å². The molecule has 76 valence electrons. The van der Waals surface area contributed by atoms with Gasteiger partial charge in [0.1, 0.15) is 0 Å². The van der Waals surface area contributed by atoms with E-state index in [0.717, 1.165) is 5.01 Å². The van der Waals surface area contributed by atoms with E-state index in [9.17, 15) is 9.59 Å². The molecule has 7 heteroatoms. The Hall–Kier alpha value is -1.97. The number of nitrogens with one attached hydrogen (secondary N) is 1. The molecule has 0 aromatic carbocycles. The van der Waals surface area contributed by atoms with Gasteiger partial charge in [-0.3, -0.25) is 9.59 Å². The van der Waals surface area contributed by atoms with Crippen molar-refractivity contribution in [3.8, 4) is 6.07 Å². The summed E-state index contributed by atoms with van der Waals surface area (Å²) in [5.74, 6) is 0. The second kappa shape index (κ2) is 5.64. The van der Waals surface area contributed by atoms with Crippen molar-refractivity contribution in [1.29, 1.82) is 5.26 Å². The van der Waals surface area contributed by atoms with E-state index < -0.39 is 5.54 Å². The van der Waals surface area contributed by atoms with Crippen LogP contribution in [-0.4, -0.2) is 23.4 Å². The third-order valence-corrected chi connectivity index (χ3v) is 1.79. The molecule has 1 atom stereocenters. The summed E-state index contributed by atoms with van der Waals surface area (Å²) in [6, 6.07) is 1.93. The van der Waals surface area contributed by atoms with E-state index in [4.69, 9.17) is 5.26 Å². The minimum absolute atomic E-state index is 0.308. The first kappa shape index (κ1) is 12.0. The minimum atomic E-state index is -1.05. The standard InChI is InChI=1S/C7H11N5O2/c1-3-7(2,4-8)12(6-14)11-10-9-5-13/h5-6H,3H2,1-2H3,(H,9,11,13). The van der Waals surface area contributed by atoms with Crippen molar-refractivity contribution in [2.75, 3.05) is 0 Å². The zero-order valence-corrected chi connectivity index (χ0v) is 7.97. The molecule has 0 heterocycles. The summed E-state index contributed by atoms with van der Waals surface area (Å²) in [6.07, 6.45) is 1.09. The summed E-state index contributed by atoms with van der Waals surface area (Å²) >= 11 is 0. The second-order valence-electron chi connectivity index (χ2n) is 2.63. The Bertz CT molecular complexity index is 272. The summed E-state index contributed by atoms with van der Waals surface area (Å²) < 4.78 is 0. The molecule has 0 saturated carbocycles. The maximum atomic E-state index is 10.6. The van der Waals surface area contributed by atoms with Crippen LogP contribution in [0.15, 0.2) is 10.4 Å². The van der Waals surface area contributed by atoms with Gasteiger partial charge >= 0.3 is 0 Å². The fourth-order valence-corrected chi connectivity index (χ4v) is 0.626. The number of hydrogen-bond acceptors (Lipinski definition) is 5. The Morgan fingerprint density at radius 2 is 2.29 bits per heavy atom. The highest BCUT2D eigenvalue weighted by molar-refractivity contribution is 5.49. The van der Waals surface area contributed by atoms with Crippen molar-refractivity contribution >= 4 is 12.8 Å². The quantitative estimate of drug-likeness (QED) is 0.373. The monoisotopic (exact) mass is 197 g/mol. The third kappa shape index (κ3) is 2.82. The number of nitriles is 1. The van der Waals surface area contributed by atoms with Gasteiger partial charge in [-0.2, -0.15) is 10.3 Å². The molecule has 1 unspecified atom stereocenters. The van der Waals surface area contributed by atoms with Crippen molar-refractivity contribution in [1.82, 2.24) is 10.4 Å². The van der Waals surface area contributed by atoms with Crippen molar-refractivity contribution in [3.05, 3.63) is 0 Å². The maximum Gasteiger partial charge on any atom is 0.232 e. The highest BCUT2D eigenvalue weighted by Gasteiger charge is 2.29. The lowest BCUT2D eigenvalue weighted by molar-refractivity contribution is -0.122. The normalized spacial score (nSPS) is 14.1. The molecule has 0 aliphatic heterocycles. The molecule has 1 N–H and O–H groups in total. The highest BCUT2D eigenvalue weighted by atomic mass is 16.2. The van der Waals surface area contributed by atoms with Gasteiger partial charge in [0, 0.05) is 0 Å². The van der Waals surface area contributed by atoms with Gasteiger partial charge in [0.05, 0.1) is 6.07 Å². The summed E-state index contributed by atoms with van der Waals surface area (Å²) in [4.78, 5) is 20.4. The zero-order valence-electron chi connectivity index (χ0n) is 7.97. The fraction of sp³-hybridized carbons (Fsp3) is 0.571. The summed E-state index contributed by atoms with van der Waals surface area (Å²) in [6.45, 7) is 3.28. The second-order valence-corrected chi connectivity index (χ2v) is 2.63. The maximum absolute atomic E-state index is 10.6. The van der Waals surface area contributed by atoms with E-state index in [-0.39, 0.29) is 0 Å². The Kier molecular flexibility index (Phi) is 4.84. The Morgan fingerprint density at radius 1 is 1.64 bits per heavy atom. The summed E-state index contributed by atoms with van der Waals surface area (Å²) in [5.41, 5.74) is 0.855. The average Bonchev–Trinajstić information content (AvgIpc) is 2.23. The average molecular weight is 197 g/mol. The van der Waals surface area contributed by atoms with Crippen molar-refractivity contribution in [3.63, 3.8) is 0 Å². The van der Waals surface area contributed by atoms with Crippen LogP contribution in [0.2, 0.25) is 0 Å². The molecule has 0 aromatic rings. The molecule has 0 bridgehead atoms. The van der Waals surface area contributed by atoms with Gasteiger partial charge in [-0.15, -0.1) is 0 Å². The van der Waals surface area contributed by atoms with E-state index in [0.29, 0.717) is 19.2 Å². The number of carbonyl (C=O) groups is 2. The number of rotatable bonds is 6. The third-order valence-electron chi connectivity index (χ3n) is 1.79. The molecular formula is C7H11N5O2. The van der Waals surface area contributed by atoms with E-state index in [1.165, 1.54) is 0 Å². The van der Waals surface area contributed by atoms with Gasteiger partial charge in [-0.05, 0) is 23.8 Å². The molecule has 2 amide bonds. The van der Waals surface area contributed by atoms with E-state index in [2.05, 4.69) is 10.4 Å². The van der Waals surface area contributed by atoms with E-state index in [1.807, 2.05) is 11.5 Å². The molecule has 0 spiro atoms. The fourth-order valence-electron chi connectivity index (χ4n) is 0.626. The predicted molar refractivity (Wildman–Crippen MR) is 46.3 cm³/mol. The number of carbonyl (C=O) groups excluding carboxylic acids is 2. The highest BCUT2D eigenvalue weighted by Crippen LogP contribution is 2.16. The predicted octanol–water partition coefficient (Wildman–Crippen LogP) is 0.165. The summed E-state index contributed by atoms with van der Waals surface area (Å²) in [5, 5.41) is 16.2. The smallest absolute Gasteiger partial charge is 0.232 e. The zero-order chi connectivity index (χ0) is 11.0. The van der Waals surface area contributed by atoms with Gasteiger partial charge < -0.3 is 0 Å². The lowest BCUT2D eigenvalue weighted by Gasteiger charge is -2.25. The van der Waals surface area contributed by atoms with Crippen molar-refractivity contribution in [2.24, 2.45) is 10.4 Å². The van der Waals surface area contributed by atoms with Crippen LogP contribution >= 0.6 is 0 Å². The van der Waals surface area contributed by atoms with Crippen LogP contribution in [0, 0.1) is 11.3 Å². The number of hydrogen-bond donors (Lipinski definition) is 1. The number of amides is 2. The minimum Gasteiger partial charge on any atom is -0.277 e. The molecule has 0 saturated heterocycles. The van der Waals surface area contributed by atoms with Gasteiger partial charge in [-0.25, -0.2) is 5.43 Å². The lowest BCUT2D eigenvalue weighted by atomic mass is 10.0. The van der Waals surface area contributed by atoms with Crippen LogP contribution < -0.4 is 5.43 Å². The molecule has 0 aliphatic rings. The molecule has 0 aromatic heterocycles. The van der Waals surface area contributed by atoms with E-state index >= 15 is 0 Å². The first-order chi connectivity index (χ1) is 6.64. The van der Waals surface area contributed by atoms with Crippen LogP contribution in [0.3, 0.4) is 0 Å². The van der Waals surface area contributed by atoms with Crippen LogP contribution in [0.1, 0.15) is 20.3 Å². The van der Waals surface area contributed by atoms with E-state index in [1.54, 1.807) is 13.8 Å². The summed E-state index contributed by atoms with van der Waals surface area (Å²) in [7, 11) is 0. The van der Waals surface area contributed by atoms with Crippen molar-refractivity contribution < 1.29 is 9.59 Å². The largest absolute Gasteiger partial charge is 0.277 e. The molecule has 0 fully saturated rings. The SMILES string of the molecule is CCC(C)(C#N)N(C=O)N=NNC=O. The van der Waals surface area contributed by atoms with Crippen LogP contribution in [0.4, 0.5) is 0 Å². The molecular weight excluding hydrogens is 186 g/mol. The Morgan fingerprint density at radius 3 is 2.64 bits per heavy atom. The van der Waals surface area contributed by atoms with Crippen LogP contribution in [-0.2, 0) is 9.59 Å².